The fourth-order valence-electron chi connectivity index (χ4n) is 3.40. The van der Waals surface area contributed by atoms with E-state index in [4.69, 9.17) is 27.9 Å². The topological polar surface area (TPSA) is 70.8 Å². The molecule has 1 aromatic heterocycles. The fourth-order valence-corrected chi connectivity index (χ4v) is 3.69. The standard InChI is InChI=1S/C19H24Cl2N4O3/c1-3-14-12-23(6-7-24(14)19(26)27)8-9-28-18-10-13(2)25(22-18)15-4-5-16(20)17(21)11-15/h4-5,10-11,14H,3,6-9,12H2,1-2H3,(H,26,27). The van der Waals surface area contributed by atoms with Crippen molar-refractivity contribution in [1.82, 2.24) is 19.6 Å². The van der Waals surface area contributed by atoms with Gasteiger partial charge in [-0.05, 0) is 31.5 Å². The lowest BCUT2D eigenvalue weighted by atomic mass is 10.1. The molecular weight excluding hydrogens is 403 g/mol. The van der Waals surface area contributed by atoms with Crippen LogP contribution in [0, 0.1) is 6.92 Å². The van der Waals surface area contributed by atoms with Crippen molar-refractivity contribution >= 4 is 29.3 Å². The average Bonchev–Trinajstić information content (AvgIpc) is 3.04. The largest absolute Gasteiger partial charge is 0.475 e. The number of ether oxygens (including phenoxy) is 1. The normalized spacial score (nSPS) is 17.7. The molecule has 1 aromatic carbocycles. The number of aromatic nitrogens is 2. The van der Waals surface area contributed by atoms with Crippen LogP contribution in [0.25, 0.3) is 5.69 Å². The van der Waals surface area contributed by atoms with Crippen molar-refractivity contribution in [1.29, 1.82) is 0 Å². The van der Waals surface area contributed by atoms with E-state index >= 15 is 0 Å². The predicted molar refractivity (Wildman–Crippen MR) is 109 cm³/mol. The van der Waals surface area contributed by atoms with Crippen LogP contribution in [0.5, 0.6) is 5.88 Å². The third-order valence-corrected chi connectivity index (χ3v) is 5.69. The Bertz CT molecular complexity index is 843. The molecule has 2 aromatic rings. The zero-order valence-corrected chi connectivity index (χ0v) is 17.4. The number of carboxylic acid groups (broad SMARTS) is 1. The predicted octanol–water partition coefficient (Wildman–Crippen LogP) is 3.94. The average molecular weight is 427 g/mol. The van der Waals surface area contributed by atoms with Crippen LogP contribution >= 0.6 is 23.2 Å². The number of hydrogen-bond acceptors (Lipinski definition) is 4. The molecule has 152 valence electrons. The van der Waals surface area contributed by atoms with Crippen LogP contribution < -0.4 is 4.74 Å². The fraction of sp³-hybridized carbons (Fsp3) is 0.474. The second-order valence-corrected chi connectivity index (χ2v) is 7.64. The van der Waals surface area contributed by atoms with Crippen molar-refractivity contribution in [2.45, 2.75) is 26.3 Å². The van der Waals surface area contributed by atoms with E-state index in [2.05, 4.69) is 10.00 Å². The maximum Gasteiger partial charge on any atom is 0.407 e. The highest BCUT2D eigenvalue weighted by Gasteiger charge is 2.28. The van der Waals surface area contributed by atoms with Crippen LogP contribution in [0.4, 0.5) is 4.79 Å². The quantitative estimate of drug-likeness (QED) is 0.756. The number of rotatable bonds is 6. The molecule has 1 atom stereocenters. The Kier molecular flexibility index (Phi) is 6.69. The lowest BCUT2D eigenvalue weighted by Gasteiger charge is -2.39. The van der Waals surface area contributed by atoms with Crippen LogP contribution in [0.15, 0.2) is 24.3 Å². The Labute approximate surface area is 174 Å². The summed E-state index contributed by atoms with van der Waals surface area (Å²) in [6.45, 7) is 7.13. The Hall–Kier alpha value is -1.96. The number of aryl methyl sites for hydroxylation is 1. The van der Waals surface area contributed by atoms with E-state index in [0.717, 1.165) is 30.9 Å². The molecule has 7 nitrogen and oxygen atoms in total. The second-order valence-electron chi connectivity index (χ2n) is 6.82. The van der Waals surface area contributed by atoms with Gasteiger partial charge in [-0.25, -0.2) is 9.48 Å². The molecule has 0 bridgehead atoms. The highest BCUT2D eigenvalue weighted by atomic mass is 35.5. The van der Waals surface area contributed by atoms with E-state index in [9.17, 15) is 9.90 Å². The Morgan fingerprint density at radius 2 is 2.07 bits per heavy atom. The van der Waals surface area contributed by atoms with Crippen molar-refractivity contribution in [3.63, 3.8) is 0 Å². The number of piperazine rings is 1. The Morgan fingerprint density at radius 3 is 2.75 bits per heavy atom. The van der Waals surface area contributed by atoms with E-state index in [-0.39, 0.29) is 6.04 Å². The first-order valence-electron chi connectivity index (χ1n) is 9.26. The van der Waals surface area contributed by atoms with Crippen LogP contribution in [-0.2, 0) is 0 Å². The smallest absolute Gasteiger partial charge is 0.407 e. The van der Waals surface area contributed by atoms with Gasteiger partial charge in [-0.2, -0.15) is 0 Å². The van der Waals surface area contributed by atoms with E-state index in [1.54, 1.807) is 16.8 Å². The van der Waals surface area contributed by atoms with Crippen molar-refractivity contribution in [2.75, 3.05) is 32.8 Å². The first-order valence-corrected chi connectivity index (χ1v) is 10.0. The van der Waals surface area contributed by atoms with Gasteiger partial charge in [-0.3, -0.25) is 4.90 Å². The Morgan fingerprint density at radius 1 is 1.29 bits per heavy atom. The number of halogens is 2. The Balaban J connectivity index is 1.56. The number of amides is 1. The van der Waals surface area contributed by atoms with Crippen molar-refractivity contribution < 1.29 is 14.6 Å². The maximum atomic E-state index is 11.3. The minimum absolute atomic E-state index is 0.0300. The molecule has 9 heteroatoms. The van der Waals surface area contributed by atoms with Crippen molar-refractivity contribution in [3.05, 3.63) is 40.0 Å². The summed E-state index contributed by atoms with van der Waals surface area (Å²) in [7, 11) is 0. The summed E-state index contributed by atoms with van der Waals surface area (Å²) in [4.78, 5) is 15.0. The van der Waals surface area contributed by atoms with Gasteiger partial charge in [0.1, 0.15) is 6.61 Å². The van der Waals surface area contributed by atoms with E-state index < -0.39 is 6.09 Å². The van der Waals surface area contributed by atoms with Gasteiger partial charge in [-0.1, -0.05) is 30.1 Å². The number of hydrogen-bond donors (Lipinski definition) is 1. The highest BCUT2D eigenvalue weighted by Crippen LogP contribution is 2.26. The molecule has 1 aliphatic heterocycles. The SMILES string of the molecule is CCC1CN(CCOc2cc(C)n(-c3ccc(Cl)c(Cl)c3)n2)CCN1C(=O)O. The summed E-state index contributed by atoms with van der Waals surface area (Å²) in [6.07, 6.45) is -0.0391. The summed E-state index contributed by atoms with van der Waals surface area (Å²) in [5, 5.41) is 14.7. The minimum atomic E-state index is -0.842. The lowest BCUT2D eigenvalue weighted by Crippen LogP contribution is -2.55. The van der Waals surface area contributed by atoms with Crippen LogP contribution in [-0.4, -0.2) is 69.6 Å². The zero-order valence-electron chi connectivity index (χ0n) is 15.9. The molecule has 0 aliphatic carbocycles. The van der Waals surface area contributed by atoms with Gasteiger partial charge in [0.05, 0.1) is 15.7 Å². The molecule has 28 heavy (non-hydrogen) atoms. The van der Waals surface area contributed by atoms with Crippen LogP contribution in [0.3, 0.4) is 0 Å². The van der Waals surface area contributed by atoms with Crippen LogP contribution in [0.2, 0.25) is 10.0 Å². The minimum Gasteiger partial charge on any atom is -0.475 e. The second kappa shape index (κ2) is 9.03. The molecule has 1 saturated heterocycles. The molecule has 0 spiro atoms. The van der Waals surface area contributed by atoms with Crippen molar-refractivity contribution in [2.24, 2.45) is 0 Å². The monoisotopic (exact) mass is 426 g/mol. The first-order chi connectivity index (χ1) is 13.4. The molecule has 0 saturated carbocycles. The van der Waals surface area contributed by atoms with E-state index in [1.807, 2.05) is 26.0 Å². The van der Waals surface area contributed by atoms with E-state index in [1.165, 1.54) is 4.90 Å². The molecule has 1 amide bonds. The molecule has 3 rings (SSSR count). The van der Waals surface area contributed by atoms with Crippen molar-refractivity contribution in [3.8, 4) is 11.6 Å². The van der Waals surface area contributed by atoms with Gasteiger partial charge in [-0.15, -0.1) is 5.10 Å². The summed E-state index contributed by atoms with van der Waals surface area (Å²) < 4.78 is 7.59. The summed E-state index contributed by atoms with van der Waals surface area (Å²) >= 11 is 12.1. The molecule has 0 radical (unpaired) electrons. The van der Waals surface area contributed by atoms with Gasteiger partial charge in [0.2, 0.25) is 5.88 Å². The summed E-state index contributed by atoms with van der Waals surface area (Å²) in [5.74, 6) is 0.541. The third-order valence-electron chi connectivity index (χ3n) is 4.95. The van der Waals surface area contributed by atoms with Gasteiger partial charge in [0.25, 0.3) is 0 Å². The number of carbonyl (C=O) groups is 1. The lowest BCUT2D eigenvalue weighted by molar-refractivity contribution is 0.0600. The van der Waals surface area contributed by atoms with Gasteiger partial charge in [0.15, 0.2) is 0 Å². The van der Waals surface area contributed by atoms with E-state index in [0.29, 0.717) is 35.6 Å². The number of benzene rings is 1. The molecular formula is C19H24Cl2N4O3. The molecule has 2 heterocycles. The van der Waals surface area contributed by atoms with Crippen LogP contribution in [0.1, 0.15) is 19.0 Å². The first kappa shape index (κ1) is 20.8. The zero-order chi connectivity index (χ0) is 20.3. The summed E-state index contributed by atoms with van der Waals surface area (Å²) in [5.41, 5.74) is 1.74. The maximum absolute atomic E-state index is 11.3. The molecule has 1 aliphatic rings. The van der Waals surface area contributed by atoms with Gasteiger partial charge in [0, 0.05) is 44.0 Å². The highest BCUT2D eigenvalue weighted by molar-refractivity contribution is 6.42. The van der Waals surface area contributed by atoms with Gasteiger partial charge >= 0.3 is 6.09 Å². The molecule has 1 N–H and O–H groups in total. The summed E-state index contributed by atoms with van der Waals surface area (Å²) in [6, 6.07) is 7.26. The third kappa shape index (κ3) is 4.71. The molecule has 1 unspecified atom stereocenters. The van der Waals surface area contributed by atoms with Gasteiger partial charge < -0.3 is 14.7 Å². The number of nitrogens with zero attached hydrogens (tertiary/aromatic N) is 4. The molecule has 1 fully saturated rings.